The molecule has 1 aromatic carbocycles. The van der Waals surface area contributed by atoms with Gasteiger partial charge in [0.15, 0.2) is 23.1 Å². The minimum absolute atomic E-state index is 0.265. The summed E-state index contributed by atoms with van der Waals surface area (Å²) in [5.41, 5.74) is 0.685. The van der Waals surface area contributed by atoms with Crippen LogP contribution in [0, 0.1) is 17.5 Å². The summed E-state index contributed by atoms with van der Waals surface area (Å²) in [6.45, 7) is 0. The van der Waals surface area contributed by atoms with Gasteiger partial charge in [0.25, 0.3) is 5.91 Å². The minimum Gasteiger partial charge on any atom is -0.343 e. The van der Waals surface area contributed by atoms with Gasteiger partial charge in [-0.25, -0.2) is 23.1 Å². The van der Waals surface area contributed by atoms with E-state index in [1.165, 1.54) is 18.6 Å². The molecule has 0 aliphatic rings. The van der Waals surface area contributed by atoms with Crippen LogP contribution in [-0.4, -0.2) is 20.9 Å². The van der Waals surface area contributed by atoms with E-state index in [2.05, 4.69) is 20.3 Å². The van der Waals surface area contributed by atoms with E-state index >= 15 is 0 Å². The molecule has 0 unspecified atom stereocenters. The first-order valence-electron chi connectivity index (χ1n) is 5.80. The van der Waals surface area contributed by atoms with Crippen LogP contribution < -0.4 is 5.32 Å². The molecule has 106 valence electrons. The third-order valence-electron chi connectivity index (χ3n) is 2.81. The molecule has 0 aliphatic heterocycles. The van der Waals surface area contributed by atoms with Gasteiger partial charge in [0.05, 0.1) is 29.3 Å². The standard InChI is InChI=1S/C13H7F3N4O/c14-8-2-1-7(10(15)11(8)16)13(21)20-6-3-9-12(17-4-6)19-5-18-9/h1-5H,(H,20,21)(H,17,18,19). The highest BCUT2D eigenvalue weighted by Crippen LogP contribution is 2.18. The van der Waals surface area contributed by atoms with Crippen molar-refractivity contribution in [2.45, 2.75) is 0 Å². The maximum Gasteiger partial charge on any atom is 0.258 e. The van der Waals surface area contributed by atoms with Gasteiger partial charge in [0.1, 0.15) is 0 Å². The third-order valence-corrected chi connectivity index (χ3v) is 2.81. The van der Waals surface area contributed by atoms with E-state index in [1.807, 2.05) is 0 Å². The molecule has 0 aliphatic carbocycles. The van der Waals surface area contributed by atoms with E-state index in [0.717, 1.165) is 6.07 Å². The van der Waals surface area contributed by atoms with Crippen molar-refractivity contribution in [1.82, 2.24) is 15.0 Å². The Bertz CT molecular complexity index is 847. The fourth-order valence-electron chi connectivity index (χ4n) is 1.80. The number of aromatic amines is 1. The van der Waals surface area contributed by atoms with Crippen LogP contribution in [0.25, 0.3) is 11.2 Å². The molecule has 2 aromatic heterocycles. The van der Waals surface area contributed by atoms with Gasteiger partial charge in [-0.3, -0.25) is 4.79 Å². The first-order chi connectivity index (χ1) is 10.1. The van der Waals surface area contributed by atoms with E-state index in [1.54, 1.807) is 0 Å². The zero-order chi connectivity index (χ0) is 15.0. The number of aromatic nitrogens is 3. The first kappa shape index (κ1) is 13.1. The SMILES string of the molecule is O=C(Nc1cnc2nc[nH]c2c1)c1ccc(F)c(F)c1F. The van der Waals surface area contributed by atoms with Gasteiger partial charge >= 0.3 is 0 Å². The Balaban J connectivity index is 1.90. The molecule has 0 spiro atoms. The van der Waals surface area contributed by atoms with Crippen molar-refractivity contribution in [3.8, 4) is 0 Å². The van der Waals surface area contributed by atoms with Gasteiger partial charge in [0, 0.05) is 0 Å². The predicted octanol–water partition coefficient (Wildman–Crippen LogP) is 2.63. The molecule has 0 saturated heterocycles. The van der Waals surface area contributed by atoms with E-state index in [4.69, 9.17) is 0 Å². The molecule has 1 amide bonds. The highest BCUT2D eigenvalue weighted by atomic mass is 19.2. The Hall–Kier alpha value is -2.90. The summed E-state index contributed by atoms with van der Waals surface area (Å²) in [4.78, 5) is 22.5. The molecule has 21 heavy (non-hydrogen) atoms. The number of rotatable bonds is 2. The zero-order valence-electron chi connectivity index (χ0n) is 10.3. The summed E-state index contributed by atoms with van der Waals surface area (Å²) in [5, 5.41) is 2.35. The van der Waals surface area contributed by atoms with Crippen molar-refractivity contribution in [3.63, 3.8) is 0 Å². The average Bonchev–Trinajstić information content (AvgIpc) is 2.92. The summed E-state index contributed by atoms with van der Waals surface area (Å²) in [6.07, 6.45) is 2.75. The molecule has 0 bridgehead atoms. The van der Waals surface area contributed by atoms with Gasteiger partial charge < -0.3 is 10.3 Å². The van der Waals surface area contributed by atoms with Crippen LogP contribution in [0.3, 0.4) is 0 Å². The lowest BCUT2D eigenvalue weighted by molar-refractivity contribution is 0.102. The lowest BCUT2D eigenvalue weighted by Gasteiger charge is -2.06. The number of halogens is 3. The number of nitrogens with zero attached hydrogens (tertiary/aromatic N) is 2. The average molecular weight is 292 g/mol. The third kappa shape index (κ3) is 2.31. The number of carbonyl (C=O) groups is 1. The second kappa shape index (κ2) is 4.89. The molecular weight excluding hydrogens is 285 g/mol. The van der Waals surface area contributed by atoms with Gasteiger partial charge in [-0.05, 0) is 18.2 Å². The number of carbonyl (C=O) groups excluding carboxylic acids is 1. The Kier molecular flexibility index (Phi) is 3.05. The number of H-pyrrole nitrogens is 1. The number of fused-ring (bicyclic) bond motifs is 1. The monoisotopic (exact) mass is 292 g/mol. The lowest BCUT2D eigenvalue weighted by atomic mass is 10.2. The topological polar surface area (TPSA) is 70.7 Å². The van der Waals surface area contributed by atoms with Crippen LogP contribution in [0.4, 0.5) is 18.9 Å². The maximum atomic E-state index is 13.5. The maximum absolute atomic E-state index is 13.5. The molecular formula is C13H7F3N4O. The van der Waals surface area contributed by atoms with E-state index in [0.29, 0.717) is 17.2 Å². The number of hydrogen-bond donors (Lipinski definition) is 2. The quantitative estimate of drug-likeness (QED) is 0.713. The van der Waals surface area contributed by atoms with Crippen LogP contribution in [0.15, 0.2) is 30.7 Å². The summed E-state index contributed by atoms with van der Waals surface area (Å²) in [7, 11) is 0. The second-order valence-corrected chi connectivity index (χ2v) is 4.17. The van der Waals surface area contributed by atoms with E-state index in [9.17, 15) is 18.0 Å². The number of nitrogens with one attached hydrogen (secondary N) is 2. The number of imidazole rings is 1. The van der Waals surface area contributed by atoms with Crippen molar-refractivity contribution < 1.29 is 18.0 Å². The Morgan fingerprint density at radius 1 is 1.14 bits per heavy atom. The van der Waals surface area contributed by atoms with Crippen molar-refractivity contribution in [3.05, 3.63) is 53.7 Å². The molecule has 0 saturated carbocycles. The van der Waals surface area contributed by atoms with Gasteiger partial charge in [-0.15, -0.1) is 0 Å². The molecule has 3 rings (SSSR count). The fourth-order valence-corrected chi connectivity index (χ4v) is 1.80. The lowest BCUT2D eigenvalue weighted by Crippen LogP contribution is -2.15. The molecule has 5 nitrogen and oxygen atoms in total. The van der Waals surface area contributed by atoms with Crippen LogP contribution in [0.1, 0.15) is 10.4 Å². The Labute approximate surface area is 115 Å². The number of benzene rings is 1. The Morgan fingerprint density at radius 2 is 1.95 bits per heavy atom. The first-order valence-corrected chi connectivity index (χ1v) is 5.80. The molecule has 0 atom stereocenters. The molecule has 8 heteroatoms. The number of amides is 1. The second-order valence-electron chi connectivity index (χ2n) is 4.17. The molecule has 0 fully saturated rings. The smallest absolute Gasteiger partial charge is 0.258 e. The molecule has 2 heterocycles. The molecule has 2 N–H and O–H groups in total. The largest absolute Gasteiger partial charge is 0.343 e. The molecule has 3 aromatic rings. The Morgan fingerprint density at radius 3 is 2.76 bits per heavy atom. The summed E-state index contributed by atoms with van der Waals surface area (Å²) in [5.74, 6) is -5.50. The summed E-state index contributed by atoms with van der Waals surface area (Å²) < 4.78 is 39.4. The minimum atomic E-state index is -1.69. The fraction of sp³-hybridized carbons (Fsp3) is 0. The van der Waals surface area contributed by atoms with Gasteiger partial charge in [-0.1, -0.05) is 0 Å². The van der Waals surface area contributed by atoms with Crippen LogP contribution in [-0.2, 0) is 0 Å². The van der Waals surface area contributed by atoms with E-state index in [-0.39, 0.29) is 5.69 Å². The zero-order valence-corrected chi connectivity index (χ0v) is 10.3. The summed E-state index contributed by atoms with van der Waals surface area (Å²) >= 11 is 0. The predicted molar refractivity (Wildman–Crippen MR) is 68.2 cm³/mol. The van der Waals surface area contributed by atoms with Crippen molar-refractivity contribution in [2.24, 2.45) is 0 Å². The highest BCUT2D eigenvalue weighted by Gasteiger charge is 2.19. The normalized spacial score (nSPS) is 10.8. The van der Waals surface area contributed by atoms with Crippen molar-refractivity contribution in [1.29, 1.82) is 0 Å². The number of anilines is 1. The van der Waals surface area contributed by atoms with E-state index < -0.39 is 28.9 Å². The van der Waals surface area contributed by atoms with Crippen LogP contribution in [0.2, 0.25) is 0 Å². The highest BCUT2D eigenvalue weighted by molar-refractivity contribution is 6.04. The van der Waals surface area contributed by atoms with Crippen molar-refractivity contribution >= 4 is 22.8 Å². The van der Waals surface area contributed by atoms with Crippen LogP contribution in [0.5, 0.6) is 0 Å². The van der Waals surface area contributed by atoms with Crippen LogP contribution >= 0.6 is 0 Å². The van der Waals surface area contributed by atoms with Crippen molar-refractivity contribution in [2.75, 3.05) is 5.32 Å². The molecule has 0 radical (unpaired) electrons. The van der Waals surface area contributed by atoms with Gasteiger partial charge in [-0.2, -0.15) is 0 Å². The number of hydrogen-bond acceptors (Lipinski definition) is 3. The summed E-state index contributed by atoms with van der Waals surface area (Å²) in [6, 6.07) is 3.08. The number of pyridine rings is 1. The van der Waals surface area contributed by atoms with Gasteiger partial charge in [0.2, 0.25) is 0 Å².